The highest BCUT2D eigenvalue weighted by Gasteiger charge is 2.44. The van der Waals surface area contributed by atoms with Gasteiger partial charge in [-0.05, 0) is 37.3 Å². The van der Waals surface area contributed by atoms with Gasteiger partial charge in [-0.2, -0.15) is 0 Å². The maximum absolute atomic E-state index is 12.1. The Labute approximate surface area is 118 Å². The molecule has 3 rings (SSSR count). The van der Waals surface area contributed by atoms with E-state index in [1.807, 2.05) is 19.1 Å². The molecule has 0 saturated heterocycles. The first-order valence-electron chi connectivity index (χ1n) is 6.89. The second-order valence-corrected chi connectivity index (χ2v) is 5.39. The van der Waals surface area contributed by atoms with Gasteiger partial charge in [0.15, 0.2) is 0 Å². The third-order valence-corrected chi connectivity index (χ3v) is 3.80. The lowest BCUT2D eigenvalue weighted by Crippen LogP contribution is -2.25. The van der Waals surface area contributed by atoms with Crippen LogP contribution in [0, 0.1) is 19.8 Å². The minimum absolute atomic E-state index is 0.0900. The van der Waals surface area contributed by atoms with Crippen molar-refractivity contribution in [3.05, 3.63) is 53.2 Å². The molecule has 1 fully saturated rings. The Hall–Kier alpha value is -2.10. The third kappa shape index (κ3) is 2.59. The molecule has 0 spiro atoms. The number of oxazole rings is 1. The van der Waals surface area contributed by atoms with Gasteiger partial charge < -0.3 is 9.73 Å². The smallest absolute Gasteiger partial charge is 0.224 e. The van der Waals surface area contributed by atoms with Crippen molar-refractivity contribution in [2.75, 3.05) is 0 Å². The summed E-state index contributed by atoms with van der Waals surface area (Å²) in [5, 5.41) is 2.90. The van der Waals surface area contributed by atoms with Crippen molar-refractivity contribution in [3.63, 3.8) is 0 Å². The summed E-state index contributed by atoms with van der Waals surface area (Å²) in [6, 6.07) is 8.27. The summed E-state index contributed by atoms with van der Waals surface area (Å²) in [5.41, 5.74) is 2.55. The van der Waals surface area contributed by atoms with Gasteiger partial charge in [0.25, 0.3) is 0 Å². The van der Waals surface area contributed by atoms with E-state index < -0.39 is 0 Å². The van der Waals surface area contributed by atoms with Crippen molar-refractivity contribution in [3.8, 4) is 0 Å². The molecule has 104 valence electrons. The number of hydrogen-bond acceptors (Lipinski definition) is 3. The fourth-order valence-corrected chi connectivity index (χ4v) is 2.61. The number of benzene rings is 1. The molecule has 4 nitrogen and oxygen atoms in total. The van der Waals surface area contributed by atoms with E-state index in [9.17, 15) is 4.79 Å². The number of carbonyl (C=O) groups is 1. The highest BCUT2D eigenvalue weighted by Crippen LogP contribution is 2.48. The number of rotatable bonds is 4. The minimum Gasteiger partial charge on any atom is -0.444 e. The van der Waals surface area contributed by atoms with E-state index in [0.717, 1.165) is 12.2 Å². The predicted molar refractivity (Wildman–Crippen MR) is 75.1 cm³/mol. The van der Waals surface area contributed by atoms with E-state index in [2.05, 4.69) is 29.4 Å². The highest BCUT2D eigenvalue weighted by atomic mass is 16.4. The van der Waals surface area contributed by atoms with Crippen LogP contribution in [0.2, 0.25) is 0 Å². The fourth-order valence-electron chi connectivity index (χ4n) is 2.61. The molecule has 4 heteroatoms. The van der Waals surface area contributed by atoms with Gasteiger partial charge >= 0.3 is 0 Å². The lowest BCUT2D eigenvalue weighted by Gasteiger charge is -2.05. The van der Waals surface area contributed by atoms with Crippen LogP contribution in [0.3, 0.4) is 0 Å². The molecule has 2 unspecified atom stereocenters. The average molecular weight is 270 g/mol. The fraction of sp³-hybridized carbons (Fsp3) is 0.375. The molecule has 0 aliphatic heterocycles. The lowest BCUT2D eigenvalue weighted by atomic mass is 10.0. The molecule has 1 amide bonds. The summed E-state index contributed by atoms with van der Waals surface area (Å²) in [6.45, 7) is 4.30. The zero-order valence-electron chi connectivity index (χ0n) is 11.7. The molecular weight excluding hydrogens is 252 g/mol. The maximum atomic E-state index is 12.1. The summed E-state index contributed by atoms with van der Waals surface area (Å²) in [4.78, 5) is 16.2. The second kappa shape index (κ2) is 5.12. The molecule has 1 aromatic heterocycles. The van der Waals surface area contributed by atoms with Crippen molar-refractivity contribution in [2.24, 2.45) is 5.92 Å². The van der Waals surface area contributed by atoms with Crippen LogP contribution in [0.25, 0.3) is 0 Å². The largest absolute Gasteiger partial charge is 0.444 e. The van der Waals surface area contributed by atoms with Crippen LogP contribution in [0.1, 0.15) is 35.1 Å². The highest BCUT2D eigenvalue weighted by molar-refractivity contribution is 5.82. The van der Waals surface area contributed by atoms with Crippen LogP contribution in [-0.4, -0.2) is 10.9 Å². The number of aromatic nitrogens is 1. The van der Waals surface area contributed by atoms with Crippen LogP contribution < -0.4 is 5.32 Å². The van der Waals surface area contributed by atoms with Crippen molar-refractivity contribution >= 4 is 5.91 Å². The van der Waals surface area contributed by atoms with Gasteiger partial charge in [-0.3, -0.25) is 4.79 Å². The summed E-state index contributed by atoms with van der Waals surface area (Å²) in [6.07, 6.45) is 2.59. The third-order valence-electron chi connectivity index (χ3n) is 3.80. The van der Waals surface area contributed by atoms with Gasteiger partial charge in [-0.25, -0.2) is 4.98 Å². The average Bonchev–Trinajstić information content (AvgIpc) is 3.12. The molecule has 20 heavy (non-hydrogen) atoms. The Morgan fingerprint density at radius 1 is 1.40 bits per heavy atom. The molecular formula is C16H18N2O2. The summed E-state index contributed by atoms with van der Waals surface area (Å²) >= 11 is 0. The Kier molecular flexibility index (Phi) is 3.30. The normalized spacial score (nSPS) is 20.7. The maximum Gasteiger partial charge on any atom is 0.224 e. The summed E-state index contributed by atoms with van der Waals surface area (Å²) in [5.74, 6) is 1.87. The number of nitrogens with zero attached hydrogens (tertiary/aromatic N) is 1. The molecule has 0 radical (unpaired) electrons. The van der Waals surface area contributed by atoms with Crippen LogP contribution >= 0.6 is 0 Å². The van der Waals surface area contributed by atoms with E-state index in [-0.39, 0.29) is 11.8 Å². The molecule has 2 aromatic rings. The molecule has 0 bridgehead atoms. The quantitative estimate of drug-likeness (QED) is 0.929. The Morgan fingerprint density at radius 3 is 2.90 bits per heavy atom. The van der Waals surface area contributed by atoms with E-state index in [1.165, 1.54) is 11.1 Å². The molecule has 1 saturated carbocycles. The van der Waals surface area contributed by atoms with Crippen molar-refractivity contribution in [2.45, 2.75) is 32.7 Å². The number of carbonyl (C=O) groups excluding carboxylic acids is 1. The number of nitrogens with one attached hydrogen (secondary N) is 1. The summed E-state index contributed by atoms with van der Waals surface area (Å²) < 4.78 is 5.34. The second-order valence-electron chi connectivity index (χ2n) is 5.39. The van der Waals surface area contributed by atoms with Gasteiger partial charge in [-0.1, -0.05) is 24.3 Å². The van der Waals surface area contributed by atoms with E-state index in [1.54, 1.807) is 6.20 Å². The predicted octanol–water partition coefficient (Wildman–Crippen LogP) is 2.71. The Balaban J connectivity index is 1.56. The van der Waals surface area contributed by atoms with Crippen LogP contribution in [0.5, 0.6) is 0 Å². The zero-order chi connectivity index (χ0) is 14.1. The molecule has 2 atom stereocenters. The first-order chi connectivity index (χ1) is 9.65. The number of aryl methyl sites for hydroxylation is 2. The molecule has 1 aromatic carbocycles. The van der Waals surface area contributed by atoms with Gasteiger partial charge in [-0.15, -0.1) is 0 Å². The van der Waals surface area contributed by atoms with Crippen LogP contribution in [0.15, 0.2) is 34.9 Å². The SMILES string of the molecule is Cc1cnc(CNC(=O)C2CC2c2ccccc2C)o1. The topological polar surface area (TPSA) is 55.1 Å². The van der Waals surface area contributed by atoms with Gasteiger partial charge in [0.05, 0.1) is 12.7 Å². The standard InChI is InChI=1S/C16H18N2O2/c1-10-5-3-4-6-12(10)13-7-14(13)16(19)18-9-15-17-8-11(2)20-15/h3-6,8,13-14H,7,9H2,1-2H3,(H,18,19). The van der Waals surface area contributed by atoms with Gasteiger partial charge in [0.1, 0.15) is 5.76 Å². The first kappa shape index (κ1) is 12.9. The van der Waals surface area contributed by atoms with Crippen molar-refractivity contribution in [1.29, 1.82) is 0 Å². The molecule has 1 aliphatic rings. The van der Waals surface area contributed by atoms with Gasteiger partial charge in [0, 0.05) is 5.92 Å². The van der Waals surface area contributed by atoms with E-state index in [4.69, 9.17) is 4.42 Å². The Bertz CT molecular complexity index is 633. The molecule has 1 aliphatic carbocycles. The minimum atomic E-state index is 0.0900. The van der Waals surface area contributed by atoms with Crippen LogP contribution in [-0.2, 0) is 11.3 Å². The molecule has 1 heterocycles. The molecule has 1 N–H and O–H groups in total. The van der Waals surface area contributed by atoms with Crippen molar-refractivity contribution in [1.82, 2.24) is 10.3 Å². The summed E-state index contributed by atoms with van der Waals surface area (Å²) in [7, 11) is 0. The van der Waals surface area contributed by atoms with Crippen LogP contribution in [0.4, 0.5) is 0 Å². The van der Waals surface area contributed by atoms with E-state index >= 15 is 0 Å². The monoisotopic (exact) mass is 270 g/mol. The lowest BCUT2D eigenvalue weighted by molar-refractivity contribution is -0.122. The number of hydrogen-bond donors (Lipinski definition) is 1. The number of amides is 1. The Morgan fingerprint density at radius 2 is 2.20 bits per heavy atom. The van der Waals surface area contributed by atoms with Crippen molar-refractivity contribution < 1.29 is 9.21 Å². The van der Waals surface area contributed by atoms with Gasteiger partial charge in [0.2, 0.25) is 11.8 Å². The first-order valence-corrected chi connectivity index (χ1v) is 6.89. The van der Waals surface area contributed by atoms with E-state index in [0.29, 0.717) is 18.4 Å². The zero-order valence-corrected chi connectivity index (χ0v) is 11.7.